The quantitative estimate of drug-likeness (QED) is 0.785. The van der Waals surface area contributed by atoms with E-state index in [0.29, 0.717) is 12.0 Å². The fourth-order valence-electron chi connectivity index (χ4n) is 2.83. The van der Waals surface area contributed by atoms with E-state index in [1.165, 1.54) is 12.8 Å². The highest BCUT2D eigenvalue weighted by Crippen LogP contribution is 2.31. The van der Waals surface area contributed by atoms with E-state index in [-0.39, 0.29) is 6.54 Å². The maximum Gasteiger partial charge on any atom is 0.317 e. The molecule has 1 saturated carbocycles. The van der Waals surface area contributed by atoms with Gasteiger partial charge in [0.15, 0.2) is 0 Å². The van der Waals surface area contributed by atoms with Crippen LogP contribution in [0.2, 0.25) is 0 Å². The Hall–Kier alpha value is -0.570. The maximum atomic E-state index is 10.9. The molecule has 0 bridgehead atoms. The number of aliphatic carboxylic acids is 1. The van der Waals surface area contributed by atoms with Gasteiger partial charge in [-0.2, -0.15) is 0 Å². The van der Waals surface area contributed by atoms with Gasteiger partial charge in [-0.3, -0.25) is 9.69 Å². The average molecular weight is 227 g/mol. The van der Waals surface area contributed by atoms with E-state index in [9.17, 15) is 4.79 Å². The topological polar surface area (TPSA) is 40.5 Å². The maximum absolute atomic E-state index is 10.9. The van der Waals surface area contributed by atoms with Crippen LogP contribution in [0.1, 0.15) is 46.5 Å². The lowest BCUT2D eigenvalue weighted by molar-refractivity contribution is -0.139. The molecule has 0 saturated heterocycles. The predicted molar refractivity (Wildman–Crippen MR) is 65.5 cm³/mol. The van der Waals surface area contributed by atoms with Crippen molar-refractivity contribution in [3.8, 4) is 0 Å². The Morgan fingerprint density at radius 1 is 1.38 bits per heavy atom. The average Bonchev–Trinajstić information content (AvgIpc) is 2.20. The fourth-order valence-corrected chi connectivity index (χ4v) is 2.83. The summed E-state index contributed by atoms with van der Waals surface area (Å²) in [7, 11) is 0. The molecular formula is C13H25NO2. The van der Waals surface area contributed by atoms with E-state index < -0.39 is 5.97 Å². The molecule has 0 aromatic heterocycles. The van der Waals surface area contributed by atoms with Crippen molar-refractivity contribution in [3.63, 3.8) is 0 Å². The van der Waals surface area contributed by atoms with Crippen LogP contribution < -0.4 is 0 Å². The summed E-state index contributed by atoms with van der Waals surface area (Å²) >= 11 is 0. The first-order valence-electron chi connectivity index (χ1n) is 6.50. The molecule has 1 rings (SSSR count). The molecule has 94 valence electrons. The summed E-state index contributed by atoms with van der Waals surface area (Å²) in [6.07, 6.45) is 4.73. The van der Waals surface area contributed by atoms with Gasteiger partial charge in [0.1, 0.15) is 0 Å². The van der Waals surface area contributed by atoms with Gasteiger partial charge in [-0.1, -0.05) is 27.2 Å². The summed E-state index contributed by atoms with van der Waals surface area (Å²) in [5.41, 5.74) is 0. The largest absolute Gasteiger partial charge is 0.480 e. The van der Waals surface area contributed by atoms with E-state index in [2.05, 4.69) is 25.7 Å². The third-order valence-corrected chi connectivity index (χ3v) is 3.73. The second-order valence-corrected chi connectivity index (χ2v) is 5.33. The number of carboxylic acids is 1. The summed E-state index contributed by atoms with van der Waals surface area (Å²) in [5.74, 6) is 0.690. The van der Waals surface area contributed by atoms with Crippen LogP contribution in [0, 0.1) is 11.8 Å². The van der Waals surface area contributed by atoms with Gasteiger partial charge in [-0.15, -0.1) is 0 Å². The van der Waals surface area contributed by atoms with Crippen molar-refractivity contribution >= 4 is 5.97 Å². The van der Waals surface area contributed by atoms with Gasteiger partial charge in [0, 0.05) is 6.04 Å². The molecule has 1 fully saturated rings. The number of rotatable bonds is 5. The Morgan fingerprint density at radius 2 is 2.06 bits per heavy atom. The second kappa shape index (κ2) is 6.24. The van der Waals surface area contributed by atoms with E-state index in [0.717, 1.165) is 25.3 Å². The van der Waals surface area contributed by atoms with Crippen molar-refractivity contribution in [2.24, 2.45) is 11.8 Å². The highest BCUT2D eigenvalue weighted by atomic mass is 16.4. The van der Waals surface area contributed by atoms with Crippen molar-refractivity contribution < 1.29 is 9.90 Å². The first-order valence-corrected chi connectivity index (χ1v) is 6.50. The molecule has 0 aromatic carbocycles. The van der Waals surface area contributed by atoms with Crippen molar-refractivity contribution in [2.45, 2.75) is 52.5 Å². The molecule has 3 unspecified atom stereocenters. The van der Waals surface area contributed by atoms with E-state index in [1.54, 1.807) is 0 Å². The van der Waals surface area contributed by atoms with Crippen molar-refractivity contribution in [1.82, 2.24) is 4.90 Å². The number of carboxylic acid groups (broad SMARTS) is 1. The highest BCUT2D eigenvalue weighted by molar-refractivity contribution is 5.69. The Bertz CT molecular complexity index is 230. The molecule has 0 radical (unpaired) electrons. The van der Waals surface area contributed by atoms with Gasteiger partial charge in [0.05, 0.1) is 6.54 Å². The lowest BCUT2D eigenvalue weighted by atomic mass is 9.79. The minimum Gasteiger partial charge on any atom is -0.480 e. The molecule has 1 aliphatic rings. The summed E-state index contributed by atoms with van der Waals surface area (Å²) in [6, 6.07) is 0.472. The Balaban J connectivity index is 2.62. The monoisotopic (exact) mass is 227 g/mol. The van der Waals surface area contributed by atoms with Crippen LogP contribution in [0.3, 0.4) is 0 Å². The SMILES string of the molecule is CCCN(CC(=O)O)C1CC(C)CCC1C. The zero-order valence-electron chi connectivity index (χ0n) is 10.8. The summed E-state index contributed by atoms with van der Waals surface area (Å²) in [6.45, 7) is 7.78. The molecule has 0 aromatic rings. The van der Waals surface area contributed by atoms with Crippen LogP contribution in [0.5, 0.6) is 0 Å². The summed E-state index contributed by atoms with van der Waals surface area (Å²) in [4.78, 5) is 13.0. The van der Waals surface area contributed by atoms with Gasteiger partial charge in [0.25, 0.3) is 0 Å². The van der Waals surface area contributed by atoms with E-state index in [1.807, 2.05) is 0 Å². The molecular weight excluding hydrogens is 202 g/mol. The molecule has 0 amide bonds. The van der Waals surface area contributed by atoms with Crippen LogP contribution in [0.4, 0.5) is 0 Å². The first kappa shape index (κ1) is 13.5. The van der Waals surface area contributed by atoms with E-state index >= 15 is 0 Å². The van der Waals surface area contributed by atoms with Gasteiger partial charge in [-0.25, -0.2) is 0 Å². The molecule has 3 atom stereocenters. The van der Waals surface area contributed by atoms with Crippen molar-refractivity contribution in [1.29, 1.82) is 0 Å². The van der Waals surface area contributed by atoms with E-state index in [4.69, 9.17) is 5.11 Å². The lowest BCUT2D eigenvalue weighted by Gasteiger charge is -2.40. The van der Waals surface area contributed by atoms with Gasteiger partial charge in [0.2, 0.25) is 0 Å². The second-order valence-electron chi connectivity index (χ2n) is 5.33. The number of carbonyl (C=O) groups is 1. The molecule has 0 heterocycles. The van der Waals surface area contributed by atoms with Crippen LogP contribution in [-0.2, 0) is 4.79 Å². The summed E-state index contributed by atoms with van der Waals surface area (Å²) in [5, 5.41) is 8.95. The number of hydrogen-bond acceptors (Lipinski definition) is 2. The van der Waals surface area contributed by atoms with Gasteiger partial charge < -0.3 is 5.11 Å². The van der Waals surface area contributed by atoms with Crippen molar-refractivity contribution in [2.75, 3.05) is 13.1 Å². The standard InChI is InChI=1S/C13H25NO2/c1-4-7-14(9-13(15)16)12-8-10(2)5-6-11(12)3/h10-12H,4-9H2,1-3H3,(H,15,16). The van der Waals surface area contributed by atoms with Crippen LogP contribution >= 0.6 is 0 Å². The third kappa shape index (κ3) is 3.78. The van der Waals surface area contributed by atoms with Crippen LogP contribution in [0.25, 0.3) is 0 Å². The normalized spacial score (nSPS) is 30.6. The summed E-state index contributed by atoms with van der Waals surface area (Å²) < 4.78 is 0. The first-order chi connectivity index (χ1) is 7.54. The molecule has 1 aliphatic carbocycles. The molecule has 0 spiro atoms. The third-order valence-electron chi connectivity index (χ3n) is 3.73. The smallest absolute Gasteiger partial charge is 0.317 e. The highest BCUT2D eigenvalue weighted by Gasteiger charge is 2.30. The Morgan fingerprint density at radius 3 is 2.62 bits per heavy atom. The number of nitrogens with zero attached hydrogens (tertiary/aromatic N) is 1. The lowest BCUT2D eigenvalue weighted by Crippen LogP contribution is -2.45. The molecule has 0 aliphatic heterocycles. The molecule has 16 heavy (non-hydrogen) atoms. The predicted octanol–water partition coefficient (Wildman–Crippen LogP) is 2.61. The Kier molecular flexibility index (Phi) is 5.26. The fraction of sp³-hybridized carbons (Fsp3) is 0.923. The van der Waals surface area contributed by atoms with Crippen molar-refractivity contribution in [3.05, 3.63) is 0 Å². The molecule has 3 heteroatoms. The Labute approximate surface area is 98.8 Å². The van der Waals surface area contributed by atoms with Crippen LogP contribution in [0.15, 0.2) is 0 Å². The molecule has 1 N–H and O–H groups in total. The number of hydrogen-bond donors (Lipinski definition) is 1. The van der Waals surface area contributed by atoms with Gasteiger partial charge in [-0.05, 0) is 37.6 Å². The zero-order valence-corrected chi connectivity index (χ0v) is 10.8. The zero-order chi connectivity index (χ0) is 12.1. The van der Waals surface area contributed by atoms with Gasteiger partial charge >= 0.3 is 5.97 Å². The molecule has 3 nitrogen and oxygen atoms in total. The minimum atomic E-state index is -0.695. The van der Waals surface area contributed by atoms with Crippen LogP contribution in [-0.4, -0.2) is 35.1 Å². The minimum absolute atomic E-state index is 0.204.